The van der Waals surface area contributed by atoms with Crippen molar-refractivity contribution in [3.05, 3.63) is 0 Å². The molecule has 9 unspecified atom stereocenters. The number of methoxy groups -OCH3 is 1. The average molecular weight is 619 g/mol. The van der Waals surface area contributed by atoms with Crippen LogP contribution in [0.2, 0.25) is 0 Å². The summed E-state index contributed by atoms with van der Waals surface area (Å²) in [6.07, 6.45) is 13.6. The molecule has 1 saturated heterocycles. The molecule has 5 aliphatic rings. The van der Waals surface area contributed by atoms with E-state index in [1.54, 1.807) is 0 Å². The number of ether oxygens (including phenoxy) is 1. The first-order valence-corrected chi connectivity index (χ1v) is 18.8. The highest BCUT2D eigenvalue weighted by Crippen LogP contribution is 2.68. The molecule has 0 aromatic carbocycles. The van der Waals surface area contributed by atoms with Gasteiger partial charge in [-0.3, -0.25) is 4.79 Å². The lowest BCUT2D eigenvalue weighted by Gasteiger charge is -2.62. The second kappa shape index (κ2) is 16.4. The number of nitrogens with zero attached hydrogens (tertiary/aromatic N) is 2. The fraction of sp³-hybridized carbons (Fsp3) is 0.973. The Morgan fingerprint density at radius 1 is 0.932 bits per heavy atom. The number of esters is 1. The molecule has 0 spiro atoms. The number of nitrogens with two attached hydrogens (primary N) is 1. The van der Waals surface area contributed by atoms with E-state index in [0.29, 0.717) is 41.5 Å². The van der Waals surface area contributed by atoms with Crippen molar-refractivity contribution in [2.75, 3.05) is 59.5 Å². The van der Waals surface area contributed by atoms with Gasteiger partial charge in [0.25, 0.3) is 0 Å². The summed E-state index contributed by atoms with van der Waals surface area (Å²) in [5, 5.41) is 15.6. The quantitative estimate of drug-likeness (QED) is 0.195. The molecule has 0 radical (unpaired) electrons. The SMILES string of the molecule is CC.COC(=O)CCC(C)C1CCC2C3CC(O)[C@H]4CC(NCCCN5CCN(CCCN)CC5)CCC4(C)C3CCC12C. The molecule has 44 heavy (non-hydrogen) atoms. The zero-order chi connectivity index (χ0) is 31.9. The standard InChI is InChI=1S/C35H64N4O3.C2H6/c1-25(7-10-33(41)42-4)28-8-9-29-27-24-32(40)31-23-26(11-13-35(31,3)30(27)12-14-34(28,29)2)37-16-6-18-39-21-19-38(20-22-39)17-5-15-36;1-2/h25-32,37,40H,5-24,36H2,1-4H3;1-2H3/t25?,26?,27?,28?,29?,30?,31-,32?,34?,35?;/m1./s1. The predicted octanol–water partition coefficient (Wildman–Crippen LogP) is 5.55. The summed E-state index contributed by atoms with van der Waals surface area (Å²) in [5.74, 6) is 3.77. The van der Waals surface area contributed by atoms with Crippen LogP contribution in [-0.4, -0.2) is 92.5 Å². The smallest absolute Gasteiger partial charge is 0.305 e. The number of carbonyl (C=O) groups is 1. The minimum Gasteiger partial charge on any atom is -0.469 e. The lowest BCUT2D eigenvalue weighted by atomic mass is 9.43. The first kappa shape index (κ1) is 36.1. The second-order valence-electron chi connectivity index (χ2n) is 15.7. The van der Waals surface area contributed by atoms with E-state index in [1.165, 1.54) is 84.8 Å². The maximum absolute atomic E-state index is 11.8. The van der Waals surface area contributed by atoms with E-state index >= 15 is 0 Å². The molecule has 256 valence electrons. The van der Waals surface area contributed by atoms with Crippen LogP contribution in [0.4, 0.5) is 0 Å². The van der Waals surface area contributed by atoms with Crippen LogP contribution in [0.1, 0.15) is 112 Å². The molecule has 0 aromatic rings. The topological polar surface area (TPSA) is 91.1 Å². The number of fused-ring (bicyclic) bond motifs is 5. The van der Waals surface area contributed by atoms with Gasteiger partial charge < -0.3 is 30.7 Å². The van der Waals surface area contributed by atoms with Crippen molar-refractivity contribution in [3.63, 3.8) is 0 Å². The zero-order valence-electron chi connectivity index (χ0n) is 29.5. The summed E-state index contributed by atoms with van der Waals surface area (Å²) in [4.78, 5) is 17.0. The Morgan fingerprint density at radius 3 is 2.23 bits per heavy atom. The number of piperazine rings is 1. The second-order valence-corrected chi connectivity index (χ2v) is 15.7. The minimum atomic E-state index is -0.158. The maximum Gasteiger partial charge on any atom is 0.305 e. The van der Waals surface area contributed by atoms with Crippen molar-refractivity contribution in [2.24, 2.45) is 52.1 Å². The van der Waals surface area contributed by atoms with Gasteiger partial charge in [0.05, 0.1) is 13.2 Å². The van der Waals surface area contributed by atoms with Crippen LogP contribution in [0.25, 0.3) is 0 Å². The van der Waals surface area contributed by atoms with Crippen molar-refractivity contribution >= 4 is 5.97 Å². The molecule has 4 N–H and O–H groups in total. The molecule has 5 fully saturated rings. The predicted molar refractivity (Wildman–Crippen MR) is 181 cm³/mol. The van der Waals surface area contributed by atoms with Crippen molar-refractivity contribution < 1.29 is 14.6 Å². The largest absolute Gasteiger partial charge is 0.469 e. The van der Waals surface area contributed by atoms with E-state index in [2.05, 4.69) is 35.9 Å². The third-order valence-electron chi connectivity index (χ3n) is 13.7. The lowest BCUT2D eigenvalue weighted by molar-refractivity contribution is -0.162. The Kier molecular flexibility index (Phi) is 13.5. The molecule has 0 bridgehead atoms. The van der Waals surface area contributed by atoms with Gasteiger partial charge in [0, 0.05) is 38.6 Å². The minimum absolute atomic E-state index is 0.0718. The number of hydrogen-bond donors (Lipinski definition) is 3. The Balaban J connectivity index is 0.00000216. The molecule has 7 heteroatoms. The molecule has 4 aliphatic carbocycles. The molecule has 5 rings (SSSR count). The van der Waals surface area contributed by atoms with Crippen LogP contribution in [-0.2, 0) is 9.53 Å². The van der Waals surface area contributed by atoms with Gasteiger partial charge in [-0.1, -0.05) is 34.6 Å². The van der Waals surface area contributed by atoms with Crippen molar-refractivity contribution in [1.29, 1.82) is 0 Å². The molecule has 0 amide bonds. The zero-order valence-corrected chi connectivity index (χ0v) is 29.5. The van der Waals surface area contributed by atoms with E-state index in [0.717, 1.165) is 57.2 Å². The van der Waals surface area contributed by atoms with Crippen molar-refractivity contribution in [1.82, 2.24) is 15.1 Å². The molecular weight excluding hydrogens is 548 g/mol. The number of aliphatic hydroxyl groups is 1. The van der Waals surface area contributed by atoms with Crippen LogP contribution in [0, 0.1) is 46.3 Å². The Morgan fingerprint density at radius 2 is 1.57 bits per heavy atom. The third kappa shape index (κ3) is 7.86. The molecule has 7 nitrogen and oxygen atoms in total. The lowest BCUT2D eigenvalue weighted by Crippen LogP contribution is -2.59. The Hall–Kier alpha value is -0.730. The van der Waals surface area contributed by atoms with Crippen LogP contribution in [0.3, 0.4) is 0 Å². The van der Waals surface area contributed by atoms with Gasteiger partial charge in [-0.25, -0.2) is 0 Å². The number of nitrogens with one attached hydrogen (secondary N) is 1. The van der Waals surface area contributed by atoms with Gasteiger partial charge in [0.2, 0.25) is 0 Å². The molecule has 0 aromatic heterocycles. The number of hydrogen-bond acceptors (Lipinski definition) is 7. The van der Waals surface area contributed by atoms with E-state index in [4.69, 9.17) is 10.5 Å². The van der Waals surface area contributed by atoms with Crippen molar-refractivity contribution in [3.8, 4) is 0 Å². The van der Waals surface area contributed by atoms with E-state index in [9.17, 15) is 9.90 Å². The highest BCUT2D eigenvalue weighted by atomic mass is 16.5. The molecule has 10 atom stereocenters. The summed E-state index contributed by atoms with van der Waals surface area (Å²) >= 11 is 0. The summed E-state index contributed by atoms with van der Waals surface area (Å²) in [7, 11) is 1.50. The maximum atomic E-state index is 11.8. The first-order chi connectivity index (χ1) is 21.2. The molecule has 4 saturated carbocycles. The summed E-state index contributed by atoms with van der Waals surface area (Å²) in [6.45, 7) is 20.5. The molecule has 1 heterocycles. The van der Waals surface area contributed by atoms with E-state index in [1.807, 2.05) is 13.8 Å². The highest BCUT2D eigenvalue weighted by Gasteiger charge is 2.62. The normalized spacial score (nSPS) is 39.8. The number of carbonyl (C=O) groups excluding carboxylic acids is 1. The van der Waals surface area contributed by atoms with Crippen LogP contribution >= 0.6 is 0 Å². The number of rotatable bonds is 12. The Bertz CT molecular complexity index is 881. The van der Waals surface area contributed by atoms with Gasteiger partial charge in [0.1, 0.15) is 0 Å². The summed E-state index contributed by atoms with van der Waals surface area (Å²) < 4.78 is 4.93. The van der Waals surface area contributed by atoms with Crippen LogP contribution in [0.5, 0.6) is 0 Å². The monoisotopic (exact) mass is 619 g/mol. The first-order valence-electron chi connectivity index (χ1n) is 18.8. The van der Waals surface area contributed by atoms with Crippen LogP contribution < -0.4 is 11.1 Å². The number of aliphatic hydroxyl groups excluding tert-OH is 1. The van der Waals surface area contributed by atoms with Gasteiger partial charge in [-0.2, -0.15) is 0 Å². The molecular formula is C37H70N4O3. The summed E-state index contributed by atoms with van der Waals surface area (Å²) in [6, 6.07) is 0.558. The van der Waals surface area contributed by atoms with E-state index in [-0.39, 0.29) is 17.5 Å². The van der Waals surface area contributed by atoms with Crippen molar-refractivity contribution in [2.45, 2.75) is 124 Å². The fourth-order valence-corrected chi connectivity index (χ4v) is 11.3. The van der Waals surface area contributed by atoms with Crippen LogP contribution in [0.15, 0.2) is 0 Å². The van der Waals surface area contributed by atoms with Gasteiger partial charge in [-0.15, -0.1) is 0 Å². The molecule has 1 aliphatic heterocycles. The highest BCUT2D eigenvalue weighted by molar-refractivity contribution is 5.69. The van der Waals surface area contributed by atoms with E-state index < -0.39 is 0 Å². The fourth-order valence-electron chi connectivity index (χ4n) is 11.3. The third-order valence-corrected chi connectivity index (χ3v) is 13.7. The van der Waals surface area contributed by atoms with Gasteiger partial charge in [-0.05, 0) is 143 Å². The Labute approximate surface area is 270 Å². The summed E-state index contributed by atoms with van der Waals surface area (Å²) in [5.41, 5.74) is 6.32. The average Bonchev–Trinajstić information content (AvgIpc) is 3.40. The van der Waals surface area contributed by atoms with Gasteiger partial charge in [0.15, 0.2) is 0 Å². The van der Waals surface area contributed by atoms with Gasteiger partial charge >= 0.3 is 5.97 Å².